The van der Waals surface area contributed by atoms with Crippen LogP contribution in [0, 0.1) is 0 Å². The molecule has 1 aliphatic rings. The van der Waals surface area contributed by atoms with Crippen LogP contribution in [0.1, 0.15) is 25.7 Å². The molecule has 20 heavy (non-hydrogen) atoms. The molecule has 0 bridgehead atoms. The second kappa shape index (κ2) is 6.33. The average Bonchev–Trinajstić information content (AvgIpc) is 2.37. The molecule has 1 unspecified atom stereocenters. The van der Waals surface area contributed by atoms with E-state index in [0.717, 1.165) is 13.0 Å². The highest BCUT2D eigenvalue weighted by Crippen LogP contribution is 2.29. The lowest BCUT2D eigenvalue weighted by atomic mass is 10.0. The first kappa shape index (κ1) is 15.6. The normalized spacial score (nSPS) is 21.0. The quantitative estimate of drug-likeness (QED) is 0.867. The Labute approximate surface area is 125 Å². The molecule has 1 aromatic rings. The molecule has 1 aliphatic heterocycles. The first-order valence-electron chi connectivity index (χ1n) is 6.89. The zero-order valence-electron chi connectivity index (χ0n) is 11.7. The predicted molar refractivity (Wildman–Crippen MR) is 82.8 cm³/mol. The van der Waals surface area contributed by atoms with E-state index < -0.39 is 9.84 Å². The molecular weight excluding hydrogens is 296 g/mol. The van der Waals surface area contributed by atoms with E-state index in [9.17, 15) is 8.42 Å². The second-order valence-electron chi connectivity index (χ2n) is 5.40. The summed E-state index contributed by atoms with van der Waals surface area (Å²) in [6, 6.07) is 5.14. The molecule has 4 nitrogen and oxygen atoms in total. The van der Waals surface area contributed by atoms with Crippen molar-refractivity contribution in [1.82, 2.24) is 4.90 Å². The van der Waals surface area contributed by atoms with E-state index in [-0.39, 0.29) is 21.4 Å². The Kier molecular flexibility index (Phi) is 4.94. The van der Waals surface area contributed by atoms with Gasteiger partial charge in [-0.3, -0.25) is 0 Å². The van der Waals surface area contributed by atoms with Gasteiger partial charge in [-0.2, -0.15) is 0 Å². The van der Waals surface area contributed by atoms with Crippen LogP contribution in [0.5, 0.6) is 0 Å². The van der Waals surface area contributed by atoms with E-state index in [4.69, 9.17) is 17.3 Å². The molecule has 2 N–H and O–H groups in total. The van der Waals surface area contributed by atoms with Crippen molar-refractivity contribution in [1.29, 1.82) is 0 Å². The van der Waals surface area contributed by atoms with Crippen LogP contribution < -0.4 is 5.73 Å². The van der Waals surface area contributed by atoms with Gasteiger partial charge in [-0.25, -0.2) is 8.42 Å². The van der Waals surface area contributed by atoms with E-state index in [0.29, 0.717) is 12.5 Å². The molecule has 6 heteroatoms. The smallest absolute Gasteiger partial charge is 0.181 e. The number of anilines is 1. The van der Waals surface area contributed by atoms with Crippen LogP contribution in [-0.2, 0) is 9.84 Å². The van der Waals surface area contributed by atoms with Crippen LogP contribution >= 0.6 is 11.6 Å². The number of sulfone groups is 1. The highest BCUT2D eigenvalue weighted by atomic mass is 35.5. The molecule has 112 valence electrons. The first-order valence-corrected chi connectivity index (χ1v) is 8.92. The van der Waals surface area contributed by atoms with E-state index in [2.05, 4.69) is 11.9 Å². The zero-order chi connectivity index (χ0) is 14.8. The number of likely N-dealkylation sites (tertiary alicyclic amines) is 1. The minimum Gasteiger partial charge on any atom is -0.398 e. The Morgan fingerprint density at radius 3 is 2.80 bits per heavy atom. The third-order valence-corrected chi connectivity index (χ3v) is 6.23. The van der Waals surface area contributed by atoms with Gasteiger partial charge in [-0.1, -0.05) is 24.1 Å². The van der Waals surface area contributed by atoms with Crippen LogP contribution in [0.2, 0.25) is 5.02 Å². The molecule has 0 radical (unpaired) electrons. The van der Waals surface area contributed by atoms with Crippen LogP contribution in [0.25, 0.3) is 0 Å². The SMILES string of the molecule is CN1CCCCC1CCS(=O)(=O)c1c(N)cccc1Cl. The number of nitrogens with two attached hydrogens (primary N) is 1. The molecule has 0 amide bonds. The minimum atomic E-state index is -3.43. The Hall–Kier alpha value is -0.780. The molecule has 1 aromatic carbocycles. The van der Waals surface area contributed by atoms with Gasteiger partial charge in [0.25, 0.3) is 0 Å². The van der Waals surface area contributed by atoms with Gasteiger partial charge in [0.05, 0.1) is 16.5 Å². The molecule has 0 aliphatic carbocycles. The maximum atomic E-state index is 12.4. The maximum absolute atomic E-state index is 12.4. The Morgan fingerprint density at radius 1 is 1.40 bits per heavy atom. The summed E-state index contributed by atoms with van der Waals surface area (Å²) in [4.78, 5) is 2.33. The Bertz CT molecular complexity index is 554. The van der Waals surface area contributed by atoms with Gasteiger partial charge in [-0.15, -0.1) is 0 Å². The number of benzene rings is 1. The minimum absolute atomic E-state index is 0.0835. The lowest BCUT2D eigenvalue weighted by Crippen LogP contribution is -2.37. The summed E-state index contributed by atoms with van der Waals surface area (Å²) in [5, 5.41) is 0.210. The van der Waals surface area contributed by atoms with Gasteiger partial charge in [0.1, 0.15) is 4.90 Å². The summed E-state index contributed by atoms with van der Waals surface area (Å²) in [7, 11) is -1.37. The van der Waals surface area contributed by atoms with Gasteiger partial charge < -0.3 is 10.6 Å². The average molecular weight is 317 g/mol. The summed E-state index contributed by atoms with van der Waals surface area (Å²) in [5.41, 5.74) is 6.00. The third-order valence-electron chi connectivity index (χ3n) is 3.95. The van der Waals surface area contributed by atoms with Gasteiger partial charge in [-0.05, 0) is 45.0 Å². The van der Waals surface area contributed by atoms with Crippen LogP contribution in [0.4, 0.5) is 5.69 Å². The summed E-state index contributed by atoms with van der Waals surface area (Å²) in [5.74, 6) is 0.0932. The molecule has 1 saturated heterocycles. The summed E-state index contributed by atoms with van der Waals surface area (Å²) in [6.45, 7) is 1.04. The molecule has 0 saturated carbocycles. The summed E-state index contributed by atoms with van der Waals surface area (Å²) >= 11 is 5.99. The lowest BCUT2D eigenvalue weighted by molar-refractivity contribution is 0.181. The van der Waals surface area contributed by atoms with E-state index in [1.165, 1.54) is 12.8 Å². The van der Waals surface area contributed by atoms with Gasteiger partial charge >= 0.3 is 0 Å². The van der Waals surface area contributed by atoms with Crippen LogP contribution in [0.15, 0.2) is 23.1 Å². The lowest BCUT2D eigenvalue weighted by Gasteiger charge is -2.32. The van der Waals surface area contributed by atoms with Crippen molar-refractivity contribution in [3.05, 3.63) is 23.2 Å². The first-order chi connectivity index (χ1) is 9.42. The maximum Gasteiger partial charge on any atom is 0.181 e. The van der Waals surface area contributed by atoms with Gasteiger partial charge in [0, 0.05) is 6.04 Å². The molecular formula is C14H21ClN2O2S. The number of nitrogens with zero attached hydrogens (tertiary/aromatic N) is 1. The summed E-state index contributed by atoms with van der Waals surface area (Å²) < 4.78 is 24.9. The number of piperidine rings is 1. The van der Waals surface area contributed by atoms with Crippen molar-refractivity contribution in [2.45, 2.75) is 36.6 Å². The van der Waals surface area contributed by atoms with Crippen molar-refractivity contribution in [3.63, 3.8) is 0 Å². The van der Waals surface area contributed by atoms with Crippen molar-refractivity contribution in [3.8, 4) is 0 Å². The molecule has 2 rings (SSSR count). The third kappa shape index (κ3) is 3.45. The van der Waals surface area contributed by atoms with E-state index in [1.54, 1.807) is 18.2 Å². The number of rotatable bonds is 4. The molecule has 0 spiro atoms. The predicted octanol–water partition coefficient (Wildman–Crippen LogP) is 2.57. The number of hydrogen-bond acceptors (Lipinski definition) is 4. The zero-order valence-corrected chi connectivity index (χ0v) is 13.3. The number of halogens is 1. The van der Waals surface area contributed by atoms with Crippen molar-refractivity contribution in [2.75, 3.05) is 25.1 Å². The van der Waals surface area contributed by atoms with Crippen LogP contribution in [0.3, 0.4) is 0 Å². The fraction of sp³-hybridized carbons (Fsp3) is 0.571. The molecule has 1 atom stereocenters. The second-order valence-corrected chi connectivity index (χ2v) is 7.85. The highest BCUT2D eigenvalue weighted by Gasteiger charge is 2.25. The van der Waals surface area contributed by atoms with Crippen LogP contribution in [-0.4, -0.2) is 38.7 Å². The number of nitrogen functional groups attached to an aromatic ring is 1. The highest BCUT2D eigenvalue weighted by molar-refractivity contribution is 7.91. The molecule has 1 fully saturated rings. The number of hydrogen-bond donors (Lipinski definition) is 1. The standard InChI is InChI=1S/C14H21ClN2O2S/c1-17-9-3-2-5-11(17)8-10-20(18,19)14-12(15)6-4-7-13(14)16/h4,6-7,11H,2-3,5,8-10,16H2,1H3. The Balaban J connectivity index is 2.11. The Morgan fingerprint density at radius 2 is 2.15 bits per heavy atom. The molecule has 0 aromatic heterocycles. The van der Waals surface area contributed by atoms with Crippen molar-refractivity contribution < 1.29 is 8.42 Å². The van der Waals surface area contributed by atoms with E-state index in [1.807, 2.05) is 0 Å². The van der Waals surface area contributed by atoms with E-state index >= 15 is 0 Å². The fourth-order valence-electron chi connectivity index (χ4n) is 2.76. The fourth-order valence-corrected chi connectivity index (χ4v) is 4.87. The van der Waals surface area contributed by atoms with Gasteiger partial charge in [0.2, 0.25) is 0 Å². The topological polar surface area (TPSA) is 63.4 Å². The molecule has 1 heterocycles. The van der Waals surface area contributed by atoms with Crippen molar-refractivity contribution >= 4 is 27.1 Å². The van der Waals surface area contributed by atoms with Gasteiger partial charge in [0.15, 0.2) is 9.84 Å². The van der Waals surface area contributed by atoms with Crippen molar-refractivity contribution in [2.24, 2.45) is 0 Å². The largest absolute Gasteiger partial charge is 0.398 e. The monoisotopic (exact) mass is 316 g/mol. The summed E-state index contributed by atoms with van der Waals surface area (Å²) in [6.07, 6.45) is 4.05.